The molecule has 0 saturated carbocycles. The van der Waals surface area contributed by atoms with E-state index >= 15 is 0 Å². The average Bonchev–Trinajstić information content (AvgIpc) is 3.22. The molecule has 0 unspecified atom stereocenters. The van der Waals surface area contributed by atoms with E-state index in [0.29, 0.717) is 23.1 Å². The summed E-state index contributed by atoms with van der Waals surface area (Å²) < 4.78 is 11.6. The molecule has 2 aromatic carbocycles. The third-order valence-electron chi connectivity index (χ3n) is 4.98. The van der Waals surface area contributed by atoms with E-state index in [0.717, 1.165) is 18.7 Å². The molecule has 1 N–H and O–H groups in total. The minimum absolute atomic E-state index is 0.180. The highest BCUT2D eigenvalue weighted by Crippen LogP contribution is 2.31. The summed E-state index contributed by atoms with van der Waals surface area (Å²) >= 11 is 0. The van der Waals surface area contributed by atoms with Gasteiger partial charge < -0.3 is 19.2 Å². The Morgan fingerprint density at radius 2 is 1.78 bits per heavy atom. The van der Waals surface area contributed by atoms with Crippen molar-refractivity contribution in [3.8, 4) is 22.8 Å². The SMILES string of the molecule is O=c1c(O)c(-c2ccc(OCCCN3CCCC3)cc2)oc2ccccc12. The lowest BCUT2D eigenvalue weighted by molar-refractivity contribution is 0.263. The Labute approximate surface area is 157 Å². The normalized spacial score (nSPS) is 14.7. The van der Waals surface area contributed by atoms with Crippen LogP contribution in [-0.2, 0) is 0 Å². The Bertz CT molecular complexity index is 972. The molecule has 2 heterocycles. The molecular weight excluding hydrogens is 342 g/mol. The number of rotatable bonds is 6. The summed E-state index contributed by atoms with van der Waals surface area (Å²) in [6.45, 7) is 4.16. The molecule has 0 atom stereocenters. The molecule has 1 saturated heterocycles. The Kier molecular flexibility index (Phi) is 5.12. The maximum Gasteiger partial charge on any atom is 0.235 e. The van der Waals surface area contributed by atoms with Gasteiger partial charge in [-0.05, 0) is 68.8 Å². The number of nitrogens with zero attached hydrogens (tertiary/aromatic N) is 1. The number of likely N-dealkylation sites (tertiary alicyclic amines) is 1. The highest BCUT2D eigenvalue weighted by Gasteiger charge is 2.15. The van der Waals surface area contributed by atoms with Crippen LogP contribution in [0.3, 0.4) is 0 Å². The van der Waals surface area contributed by atoms with E-state index in [1.165, 1.54) is 25.9 Å². The van der Waals surface area contributed by atoms with E-state index in [9.17, 15) is 9.90 Å². The standard InChI is InChI=1S/C22H23NO4/c24-20-18-6-1-2-7-19(18)27-22(21(20)25)16-8-10-17(11-9-16)26-15-5-14-23-12-3-4-13-23/h1-2,6-11,25H,3-5,12-15H2. The highest BCUT2D eigenvalue weighted by atomic mass is 16.5. The minimum atomic E-state index is -0.422. The van der Waals surface area contributed by atoms with E-state index in [1.807, 2.05) is 12.1 Å². The van der Waals surface area contributed by atoms with Gasteiger partial charge in [0.15, 0.2) is 5.76 Å². The van der Waals surface area contributed by atoms with Crippen molar-refractivity contribution in [2.45, 2.75) is 19.3 Å². The molecule has 0 spiro atoms. The smallest absolute Gasteiger partial charge is 0.235 e. The Hall–Kier alpha value is -2.79. The molecule has 0 aliphatic carbocycles. The summed E-state index contributed by atoms with van der Waals surface area (Å²) in [5.41, 5.74) is 0.673. The lowest BCUT2D eigenvalue weighted by Gasteiger charge is -2.14. The summed E-state index contributed by atoms with van der Waals surface area (Å²) in [6.07, 6.45) is 3.61. The molecule has 0 amide bonds. The number of ether oxygens (including phenoxy) is 1. The highest BCUT2D eigenvalue weighted by molar-refractivity contribution is 5.81. The molecule has 0 bridgehead atoms. The monoisotopic (exact) mass is 365 g/mol. The van der Waals surface area contributed by atoms with Crippen LogP contribution in [0, 0.1) is 0 Å². The van der Waals surface area contributed by atoms with Crippen LogP contribution in [0.5, 0.6) is 11.5 Å². The molecular formula is C22H23NO4. The van der Waals surface area contributed by atoms with Crippen molar-refractivity contribution in [3.05, 3.63) is 58.8 Å². The largest absolute Gasteiger partial charge is 0.502 e. The first-order chi connectivity index (χ1) is 13.2. The van der Waals surface area contributed by atoms with Crippen molar-refractivity contribution in [1.82, 2.24) is 4.90 Å². The fourth-order valence-electron chi connectivity index (χ4n) is 3.51. The fourth-order valence-corrected chi connectivity index (χ4v) is 3.51. The van der Waals surface area contributed by atoms with Gasteiger partial charge in [0.05, 0.1) is 12.0 Å². The van der Waals surface area contributed by atoms with Gasteiger partial charge in [-0.15, -0.1) is 0 Å². The molecule has 5 heteroatoms. The molecule has 4 rings (SSSR count). The lowest BCUT2D eigenvalue weighted by Crippen LogP contribution is -2.21. The number of aromatic hydroxyl groups is 1. The van der Waals surface area contributed by atoms with Crippen LogP contribution in [-0.4, -0.2) is 36.2 Å². The van der Waals surface area contributed by atoms with Gasteiger partial charge in [0.1, 0.15) is 11.3 Å². The van der Waals surface area contributed by atoms with Crippen LogP contribution in [0.2, 0.25) is 0 Å². The van der Waals surface area contributed by atoms with E-state index < -0.39 is 5.43 Å². The third-order valence-corrected chi connectivity index (χ3v) is 4.98. The van der Waals surface area contributed by atoms with Crippen LogP contribution >= 0.6 is 0 Å². The molecule has 5 nitrogen and oxygen atoms in total. The van der Waals surface area contributed by atoms with Gasteiger partial charge in [0.2, 0.25) is 11.2 Å². The third kappa shape index (κ3) is 3.83. The zero-order valence-electron chi connectivity index (χ0n) is 15.2. The summed E-state index contributed by atoms with van der Waals surface area (Å²) in [7, 11) is 0. The van der Waals surface area contributed by atoms with Gasteiger partial charge >= 0.3 is 0 Å². The number of para-hydroxylation sites is 1. The molecule has 3 aromatic rings. The van der Waals surface area contributed by atoms with Gasteiger partial charge in [-0.1, -0.05) is 12.1 Å². The average molecular weight is 365 g/mol. The molecule has 0 radical (unpaired) electrons. The van der Waals surface area contributed by atoms with E-state index in [-0.39, 0.29) is 11.5 Å². The number of hydrogen-bond acceptors (Lipinski definition) is 5. The minimum Gasteiger partial charge on any atom is -0.502 e. The topological polar surface area (TPSA) is 62.9 Å². The second kappa shape index (κ2) is 7.84. The molecule has 27 heavy (non-hydrogen) atoms. The van der Waals surface area contributed by atoms with Gasteiger partial charge in [0, 0.05) is 12.1 Å². The molecule has 1 aliphatic rings. The summed E-state index contributed by atoms with van der Waals surface area (Å²) in [6, 6.07) is 14.2. The van der Waals surface area contributed by atoms with Gasteiger partial charge in [-0.25, -0.2) is 0 Å². The van der Waals surface area contributed by atoms with Crippen molar-refractivity contribution in [2.75, 3.05) is 26.2 Å². The number of benzene rings is 2. The first-order valence-electron chi connectivity index (χ1n) is 9.43. The second-order valence-electron chi connectivity index (χ2n) is 6.88. The van der Waals surface area contributed by atoms with Gasteiger partial charge in [0.25, 0.3) is 0 Å². The Morgan fingerprint density at radius 3 is 2.56 bits per heavy atom. The summed E-state index contributed by atoms with van der Waals surface area (Å²) in [5, 5.41) is 10.6. The number of fused-ring (bicyclic) bond motifs is 1. The van der Waals surface area contributed by atoms with Crippen molar-refractivity contribution in [1.29, 1.82) is 0 Å². The van der Waals surface area contributed by atoms with Crippen molar-refractivity contribution in [3.63, 3.8) is 0 Å². The Balaban J connectivity index is 1.45. The molecule has 1 aliphatic heterocycles. The summed E-state index contributed by atoms with van der Waals surface area (Å²) in [4.78, 5) is 14.8. The zero-order valence-corrected chi connectivity index (χ0v) is 15.2. The molecule has 1 aromatic heterocycles. The van der Waals surface area contributed by atoms with Crippen LogP contribution < -0.4 is 10.2 Å². The molecule has 1 fully saturated rings. The van der Waals surface area contributed by atoms with Crippen molar-refractivity contribution in [2.24, 2.45) is 0 Å². The quantitative estimate of drug-likeness (QED) is 0.668. The molecule has 140 valence electrons. The predicted octanol–water partition coefficient (Wildman–Crippen LogP) is 4.03. The lowest BCUT2D eigenvalue weighted by atomic mass is 10.1. The van der Waals surface area contributed by atoms with Crippen LogP contribution in [0.1, 0.15) is 19.3 Å². The Morgan fingerprint density at radius 1 is 1.04 bits per heavy atom. The zero-order chi connectivity index (χ0) is 18.6. The van der Waals surface area contributed by atoms with Crippen LogP contribution in [0.15, 0.2) is 57.7 Å². The van der Waals surface area contributed by atoms with Crippen LogP contribution in [0.25, 0.3) is 22.3 Å². The second-order valence-corrected chi connectivity index (χ2v) is 6.88. The predicted molar refractivity (Wildman–Crippen MR) is 105 cm³/mol. The van der Waals surface area contributed by atoms with E-state index in [4.69, 9.17) is 9.15 Å². The maximum absolute atomic E-state index is 12.3. The fraction of sp³-hybridized carbons (Fsp3) is 0.318. The number of hydrogen-bond donors (Lipinski definition) is 1. The first kappa shape index (κ1) is 17.6. The van der Waals surface area contributed by atoms with Gasteiger partial charge in [-0.2, -0.15) is 0 Å². The summed E-state index contributed by atoms with van der Waals surface area (Å²) in [5.74, 6) is 0.579. The van der Waals surface area contributed by atoms with Crippen molar-refractivity contribution >= 4 is 11.0 Å². The first-order valence-corrected chi connectivity index (χ1v) is 9.43. The van der Waals surface area contributed by atoms with Crippen molar-refractivity contribution < 1.29 is 14.3 Å². The van der Waals surface area contributed by atoms with E-state index in [1.54, 1.807) is 36.4 Å². The van der Waals surface area contributed by atoms with Crippen LogP contribution in [0.4, 0.5) is 0 Å². The van der Waals surface area contributed by atoms with Gasteiger partial charge in [-0.3, -0.25) is 4.79 Å². The van der Waals surface area contributed by atoms with E-state index in [2.05, 4.69) is 4.90 Å². The maximum atomic E-state index is 12.3.